The van der Waals surface area contributed by atoms with Crippen LogP contribution in [0, 0.1) is 0 Å². The van der Waals surface area contributed by atoms with Gasteiger partial charge >= 0.3 is 0 Å². The van der Waals surface area contributed by atoms with E-state index in [1.54, 1.807) is 0 Å². The predicted octanol–water partition coefficient (Wildman–Crippen LogP) is 2.87. The Morgan fingerprint density at radius 3 is 3.00 bits per heavy atom. The molecule has 0 heterocycles. The molecule has 2 nitrogen and oxygen atoms in total. The summed E-state index contributed by atoms with van der Waals surface area (Å²) in [5, 5.41) is 0.741. The number of allylic oxidation sites excluding steroid dienone is 1. The summed E-state index contributed by atoms with van der Waals surface area (Å²) >= 11 is 3.37. The number of halogens is 1. The Morgan fingerprint density at radius 1 is 1.62 bits per heavy atom. The second-order valence-electron chi connectivity index (χ2n) is 3.07. The average molecular weight is 249 g/mol. The van der Waals surface area contributed by atoms with E-state index < -0.39 is 0 Å². The fourth-order valence-corrected chi connectivity index (χ4v) is 1.74. The molecular formula is C10H17BrO2. The maximum atomic E-state index is 5.73. The minimum absolute atomic E-state index is 0.0993. The zero-order valence-corrected chi connectivity index (χ0v) is 9.63. The lowest BCUT2D eigenvalue weighted by atomic mass is 10.1. The lowest BCUT2D eigenvalue weighted by Gasteiger charge is -2.22. The first-order valence-corrected chi connectivity index (χ1v) is 5.98. The molecule has 1 aliphatic carbocycles. The summed E-state index contributed by atoms with van der Waals surface area (Å²) in [6.07, 6.45) is 8.01. The van der Waals surface area contributed by atoms with Crippen molar-refractivity contribution in [2.24, 2.45) is 0 Å². The van der Waals surface area contributed by atoms with Crippen LogP contribution in [0.1, 0.15) is 26.2 Å². The molecule has 3 heteroatoms. The molecule has 0 saturated carbocycles. The number of hydrogen-bond donors (Lipinski definition) is 0. The largest absolute Gasteiger partial charge is 0.352 e. The van der Waals surface area contributed by atoms with Gasteiger partial charge in [-0.25, -0.2) is 0 Å². The van der Waals surface area contributed by atoms with Gasteiger partial charge in [0.25, 0.3) is 0 Å². The molecule has 0 aliphatic heterocycles. The Bertz CT molecular complexity index is 159. The van der Waals surface area contributed by atoms with Gasteiger partial charge in [-0.15, -0.1) is 0 Å². The van der Waals surface area contributed by atoms with Crippen molar-refractivity contribution < 1.29 is 9.47 Å². The van der Waals surface area contributed by atoms with Crippen LogP contribution in [0.5, 0.6) is 0 Å². The van der Waals surface area contributed by atoms with Crippen molar-refractivity contribution in [2.75, 3.05) is 11.9 Å². The van der Waals surface area contributed by atoms with E-state index >= 15 is 0 Å². The maximum Gasteiger partial charge on any atom is 0.167 e. The second-order valence-corrected chi connectivity index (χ2v) is 3.72. The Morgan fingerprint density at radius 2 is 2.46 bits per heavy atom. The number of ether oxygens (including phenoxy) is 2. The van der Waals surface area contributed by atoms with E-state index in [4.69, 9.17) is 9.47 Å². The van der Waals surface area contributed by atoms with E-state index in [2.05, 4.69) is 28.1 Å². The van der Waals surface area contributed by atoms with Crippen molar-refractivity contribution in [3.8, 4) is 0 Å². The monoisotopic (exact) mass is 248 g/mol. The molecule has 0 radical (unpaired) electrons. The normalized spacial score (nSPS) is 24.6. The highest BCUT2D eigenvalue weighted by molar-refractivity contribution is 9.09. The third-order valence-corrected chi connectivity index (χ3v) is 2.54. The Labute approximate surface area is 88.4 Å². The van der Waals surface area contributed by atoms with E-state index in [-0.39, 0.29) is 12.4 Å². The first-order valence-electron chi connectivity index (χ1n) is 4.86. The third-order valence-electron chi connectivity index (χ3n) is 2.02. The van der Waals surface area contributed by atoms with E-state index in [0.717, 1.165) is 11.8 Å². The maximum absolute atomic E-state index is 5.73. The van der Waals surface area contributed by atoms with Crippen molar-refractivity contribution in [3.63, 3.8) is 0 Å². The van der Waals surface area contributed by atoms with Gasteiger partial charge in [-0.1, -0.05) is 28.1 Å². The summed E-state index contributed by atoms with van der Waals surface area (Å²) in [6, 6.07) is 0. The zero-order chi connectivity index (χ0) is 9.52. The van der Waals surface area contributed by atoms with Gasteiger partial charge in [0, 0.05) is 6.61 Å². The second kappa shape index (κ2) is 6.57. The molecule has 0 spiro atoms. The molecule has 0 N–H and O–H groups in total. The van der Waals surface area contributed by atoms with Crippen LogP contribution in [-0.2, 0) is 9.47 Å². The van der Waals surface area contributed by atoms with Crippen molar-refractivity contribution in [1.82, 2.24) is 0 Å². The molecule has 0 saturated heterocycles. The topological polar surface area (TPSA) is 18.5 Å². The molecule has 0 aromatic carbocycles. The summed E-state index contributed by atoms with van der Waals surface area (Å²) in [5.41, 5.74) is 0. The highest BCUT2D eigenvalue weighted by atomic mass is 79.9. The molecule has 1 aliphatic rings. The van der Waals surface area contributed by atoms with Crippen molar-refractivity contribution >= 4 is 15.9 Å². The van der Waals surface area contributed by atoms with Gasteiger partial charge in [0.2, 0.25) is 0 Å². The number of alkyl halides is 1. The predicted molar refractivity (Wildman–Crippen MR) is 57.1 cm³/mol. The molecule has 0 amide bonds. The summed E-state index contributed by atoms with van der Waals surface area (Å²) in [4.78, 5) is 0. The van der Waals surface area contributed by atoms with E-state index in [0.29, 0.717) is 6.61 Å². The van der Waals surface area contributed by atoms with Gasteiger partial charge in [-0.05, 0) is 26.2 Å². The van der Waals surface area contributed by atoms with Crippen molar-refractivity contribution in [1.29, 1.82) is 0 Å². The molecule has 1 rings (SSSR count). The van der Waals surface area contributed by atoms with Crippen LogP contribution < -0.4 is 0 Å². The highest BCUT2D eigenvalue weighted by Crippen LogP contribution is 2.16. The van der Waals surface area contributed by atoms with Crippen LogP contribution >= 0.6 is 15.9 Å². The minimum Gasteiger partial charge on any atom is -0.352 e. The van der Waals surface area contributed by atoms with Gasteiger partial charge in [-0.2, -0.15) is 0 Å². The van der Waals surface area contributed by atoms with Gasteiger partial charge < -0.3 is 9.47 Å². The zero-order valence-electron chi connectivity index (χ0n) is 8.04. The molecule has 76 valence electrons. The molecule has 2 atom stereocenters. The average Bonchev–Trinajstić information content (AvgIpc) is 2.19. The van der Waals surface area contributed by atoms with E-state index in [1.165, 1.54) is 12.8 Å². The minimum atomic E-state index is -0.0993. The van der Waals surface area contributed by atoms with Crippen LogP contribution in [0.15, 0.2) is 12.2 Å². The first kappa shape index (κ1) is 11.2. The molecule has 0 aromatic rings. The van der Waals surface area contributed by atoms with Crippen molar-refractivity contribution in [2.45, 2.75) is 38.6 Å². The molecule has 13 heavy (non-hydrogen) atoms. The Hall–Kier alpha value is 0.140. The Balaban J connectivity index is 2.27. The summed E-state index contributed by atoms with van der Waals surface area (Å²) in [6.45, 7) is 2.68. The van der Waals surface area contributed by atoms with Crippen LogP contribution in [0.4, 0.5) is 0 Å². The first-order chi connectivity index (χ1) is 6.36. The molecule has 0 fully saturated rings. The summed E-state index contributed by atoms with van der Waals surface area (Å²) in [5.74, 6) is 0. The summed E-state index contributed by atoms with van der Waals surface area (Å²) < 4.78 is 11.1. The molecule has 0 aromatic heterocycles. The van der Waals surface area contributed by atoms with E-state index in [1.807, 2.05) is 6.92 Å². The smallest absolute Gasteiger partial charge is 0.167 e. The van der Waals surface area contributed by atoms with Gasteiger partial charge in [0.05, 0.1) is 11.4 Å². The van der Waals surface area contributed by atoms with Crippen LogP contribution in [0.2, 0.25) is 0 Å². The SMILES string of the molecule is CCOC(CBr)OC1C=CCCC1. The molecular weight excluding hydrogens is 232 g/mol. The fourth-order valence-electron chi connectivity index (χ4n) is 1.40. The lowest BCUT2D eigenvalue weighted by Crippen LogP contribution is -2.25. The fraction of sp³-hybridized carbons (Fsp3) is 0.800. The van der Waals surface area contributed by atoms with Crippen molar-refractivity contribution in [3.05, 3.63) is 12.2 Å². The van der Waals surface area contributed by atoms with E-state index in [9.17, 15) is 0 Å². The van der Waals surface area contributed by atoms with Gasteiger partial charge in [-0.3, -0.25) is 0 Å². The number of rotatable bonds is 5. The highest BCUT2D eigenvalue weighted by Gasteiger charge is 2.14. The van der Waals surface area contributed by atoms with Crippen LogP contribution in [0.3, 0.4) is 0 Å². The standard InChI is InChI=1S/C10H17BrO2/c1-2-12-10(8-11)13-9-6-4-3-5-7-9/h4,6,9-10H,2-3,5,7-8H2,1H3. The third kappa shape index (κ3) is 4.25. The lowest BCUT2D eigenvalue weighted by molar-refractivity contribution is -0.144. The Kier molecular flexibility index (Phi) is 5.67. The van der Waals surface area contributed by atoms with Gasteiger partial charge in [0.1, 0.15) is 0 Å². The quantitative estimate of drug-likeness (QED) is 0.423. The molecule has 0 bridgehead atoms. The van der Waals surface area contributed by atoms with Crippen LogP contribution in [-0.4, -0.2) is 24.3 Å². The van der Waals surface area contributed by atoms with Crippen LogP contribution in [0.25, 0.3) is 0 Å². The summed E-state index contributed by atoms with van der Waals surface area (Å²) in [7, 11) is 0. The van der Waals surface area contributed by atoms with Gasteiger partial charge in [0.15, 0.2) is 6.29 Å². The number of hydrogen-bond acceptors (Lipinski definition) is 2. The molecule has 2 unspecified atom stereocenters.